The minimum atomic E-state index is -0.777. The minimum Gasteiger partial charge on any atom is -0.481 e. The molecule has 8 nitrogen and oxygen atoms in total. The van der Waals surface area contributed by atoms with E-state index in [2.05, 4.69) is 17.4 Å². The number of amides is 1. The van der Waals surface area contributed by atoms with Crippen molar-refractivity contribution in [3.8, 4) is 11.1 Å². The number of nitrogens with one attached hydrogen (secondary N) is 1. The molecule has 1 saturated heterocycles. The van der Waals surface area contributed by atoms with Gasteiger partial charge in [0.15, 0.2) is 6.29 Å². The molecule has 4 N–H and O–H groups in total. The van der Waals surface area contributed by atoms with Gasteiger partial charge >= 0.3 is 5.97 Å². The number of thioether (sulfide) groups is 1. The molecule has 44 heavy (non-hydrogen) atoms. The average Bonchev–Trinajstić information content (AvgIpc) is 3.05. The molecule has 1 amide bonds. The molecule has 0 unspecified atom stereocenters. The van der Waals surface area contributed by atoms with E-state index in [0.717, 1.165) is 58.4 Å². The Hall–Kier alpha value is -3.21. The van der Waals surface area contributed by atoms with E-state index in [1.54, 1.807) is 11.8 Å². The molecule has 0 spiro atoms. The summed E-state index contributed by atoms with van der Waals surface area (Å²) < 4.78 is 12.9. The average molecular weight is 622 g/mol. The first-order chi connectivity index (χ1) is 21.4. The number of carbonyl (C=O) groups is 2. The number of hydrogen-bond acceptors (Lipinski definition) is 7. The summed E-state index contributed by atoms with van der Waals surface area (Å²) in [6.07, 6.45) is 3.60. The standard InChI is InChI=1S/C35H43NO7S/c37-17-18-44-24-31-21-32(27-15-13-25(23-38)14-16-27)43-35(42-31)30-10-6-9-29(20-30)28-8-5-7-26(19-28)22-36-33(39)11-3-1-2-4-12-34(40)41/h5-10,13-16,19-20,31-32,35,37-38H,1-4,11-12,17-18,21-24H2,(H,36,39)(H,40,41)/t31-,32+,35+/m1/s1. The van der Waals surface area contributed by atoms with Gasteiger partial charge in [0.05, 0.1) is 25.4 Å². The van der Waals surface area contributed by atoms with Crippen LogP contribution in [0.4, 0.5) is 0 Å². The smallest absolute Gasteiger partial charge is 0.303 e. The van der Waals surface area contributed by atoms with Gasteiger partial charge < -0.3 is 30.1 Å². The molecule has 3 atom stereocenters. The highest BCUT2D eigenvalue weighted by molar-refractivity contribution is 7.99. The third-order valence-corrected chi connectivity index (χ3v) is 8.69. The zero-order chi connectivity index (χ0) is 31.1. The first-order valence-corrected chi connectivity index (χ1v) is 16.5. The molecular weight excluding hydrogens is 578 g/mol. The number of carboxylic acids is 1. The molecule has 1 aliphatic heterocycles. The second-order valence-corrected chi connectivity index (χ2v) is 12.2. The zero-order valence-electron chi connectivity index (χ0n) is 25.0. The Balaban J connectivity index is 1.39. The van der Waals surface area contributed by atoms with Gasteiger partial charge in [-0.15, -0.1) is 0 Å². The van der Waals surface area contributed by atoms with E-state index in [-0.39, 0.29) is 37.7 Å². The molecule has 0 saturated carbocycles. The number of carboxylic acid groups (broad SMARTS) is 1. The highest BCUT2D eigenvalue weighted by Gasteiger charge is 2.32. The molecule has 0 aromatic heterocycles. The predicted octanol–water partition coefficient (Wildman–Crippen LogP) is 6.16. The number of aliphatic carboxylic acids is 1. The Morgan fingerprint density at radius 2 is 1.55 bits per heavy atom. The molecule has 4 rings (SSSR count). The number of hydrogen-bond donors (Lipinski definition) is 4. The highest BCUT2D eigenvalue weighted by Crippen LogP contribution is 2.39. The summed E-state index contributed by atoms with van der Waals surface area (Å²) in [7, 11) is 0. The summed E-state index contributed by atoms with van der Waals surface area (Å²) in [5.41, 5.74) is 5.85. The maximum absolute atomic E-state index is 12.3. The van der Waals surface area contributed by atoms with Crippen molar-refractivity contribution in [1.82, 2.24) is 5.32 Å². The maximum atomic E-state index is 12.3. The molecule has 0 bridgehead atoms. The fourth-order valence-electron chi connectivity index (χ4n) is 5.23. The number of rotatable bonds is 17. The van der Waals surface area contributed by atoms with E-state index in [4.69, 9.17) is 14.6 Å². The molecule has 1 fully saturated rings. The lowest BCUT2D eigenvalue weighted by molar-refractivity contribution is -0.245. The van der Waals surface area contributed by atoms with Gasteiger partial charge in [-0.25, -0.2) is 0 Å². The summed E-state index contributed by atoms with van der Waals surface area (Å²) in [4.78, 5) is 22.9. The van der Waals surface area contributed by atoms with E-state index in [9.17, 15) is 19.8 Å². The molecule has 236 valence electrons. The molecule has 3 aromatic carbocycles. The van der Waals surface area contributed by atoms with Crippen LogP contribution in [-0.2, 0) is 32.2 Å². The number of carbonyl (C=O) groups excluding carboxylic acids is 1. The normalized spacial score (nSPS) is 18.2. The Kier molecular flexibility index (Phi) is 13.7. The second kappa shape index (κ2) is 17.9. The molecule has 0 radical (unpaired) electrons. The monoisotopic (exact) mass is 621 g/mol. The topological polar surface area (TPSA) is 125 Å². The van der Waals surface area contributed by atoms with Crippen LogP contribution in [-0.4, -0.2) is 51.4 Å². The number of aliphatic hydroxyl groups excluding tert-OH is 2. The van der Waals surface area contributed by atoms with Crippen LogP contribution in [0.2, 0.25) is 0 Å². The van der Waals surface area contributed by atoms with E-state index < -0.39 is 12.3 Å². The fourth-order valence-corrected chi connectivity index (χ4v) is 6.01. The lowest BCUT2D eigenvalue weighted by atomic mass is 9.99. The lowest BCUT2D eigenvalue weighted by Gasteiger charge is -2.36. The van der Waals surface area contributed by atoms with Crippen molar-refractivity contribution in [2.75, 3.05) is 18.1 Å². The quantitative estimate of drug-likeness (QED) is 0.132. The summed E-state index contributed by atoms with van der Waals surface area (Å²) in [6.45, 7) is 0.560. The van der Waals surface area contributed by atoms with E-state index >= 15 is 0 Å². The van der Waals surface area contributed by atoms with Crippen LogP contribution in [0.25, 0.3) is 11.1 Å². The fraction of sp³-hybridized carbons (Fsp3) is 0.429. The van der Waals surface area contributed by atoms with Crippen LogP contribution in [0.3, 0.4) is 0 Å². The van der Waals surface area contributed by atoms with Crippen molar-refractivity contribution >= 4 is 23.6 Å². The van der Waals surface area contributed by atoms with Crippen LogP contribution in [0, 0.1) is 0 Å². The van der Waals surface area contributed by atoms with Crippen molar-refractivity contribution < 1.29 is 34.4 Å². The molecular formula is C35H43NO7S. The van der Waals surface area contributed by atoms with Crippen LogP contribution in [0.15, 0.2) is 72.8 Å². The van der Waals surface area contributed by atoms with Gasteiger partial charge in [0.2, 0.25) is 5.91 Å². The van der Waals surface area contributed by atoms with E-state index in [1.165, 1.54) is 0 Å². The van der Waals surface area contributed by atoms with Gasteiger partial charge in [-0.1, -0.05) is 73.5 Å². The van der Waals surface area contributed by atoms with Crippen molar-refractivity contribution in [3.63, 3.8) is 0 Å². The lowest BCUT2D eigenvalue weighted by Crippen LogP contribution is -2.31. The number of unbranched alkanes of at least 4 members (excludes halogenated alkanes) is 3. The van der Waals surface area contributed by atoms with Crippen LogP contribution in [0.1, 0.15) is 79.6 Å². The molecule has 0 aliphatic carbocycles. The number of ether oxygens (including phenoxy) is 2. The maximum Gasteiger partial charge on any atom is 0.303 e. The van der Waals surface area contributed by atoms with Gasteiger partial charge in [-0.2, -0.15) is 11.8 Å². The molecule has 1 aliphatic rings. The van der Waals surface area contributed by atoms with Gasteiger partial charge in [-0.3, -0.25) is 9.59 Å². The Morgan fingerprint density at radius 1 is 0.818 bits per heavy atom. The van der Waals surface area contributed by atoms with Crippen LogP contribution < -0.4 is 5.32 Å². The third-order valence-electron chi connectivity index (χ3n) is 7.61. The third kappa shape index (κ3) is 10.7. The van der Waals surface area contributed by atoms with Crippen LogP contribution in [0.5, 0.6) is 0 Å². The van der Waals surface area contributed by atoms with E-state index in [1.807, 2.05) is 60.7 Å². The first-order valence-electron chi connectivity index (χ1n) is 15.3. The Labute approximate surface area is 263 Å². The minimum absolute atomic E-state index is 0.00406. The van der Waals surface area contributed by atoms with Gasteiger partial charge in [0, 0.05) is 42.9 Å². The summed E-state index contributed by atoms with van der Waals surface area (Å²) in [5.74, 6) is 0.626. The zero-order valence-corrected chi connectivity index (χ0v) is 25.8. The van der Waals surface area contributed by atoms with E-state index in [0.29, 0.717) is 31.6 Å². The Bertz CT molecular complexity index is 1330. The van der Waals surface area contributed by atoms with Crippen molar-refractivity contribution in [2.45, 2.75) is 76.6 Å². The van der Waals surface area contributed by atoms with Gasteiger partial charge in [0.1, 0.15) is 0 Å². The van der Waals surface area contributed by atoms with Gasteiger partial charge in [0.25, 0.3) is 0 Å². The molecule has 1 heterocycles. The van der Waals surface area contributed by atoms with Gasteiger partial charge in [-0.05, 0) is 52.8 Å². The largest absolute Gasteiger partial charge is 0.481 e. The number of aliphatic hydroxyl groups is 2. The SMILES string of the molecule is O=C(O)CCCCCCC(=O)NCc1cccc(-c2cccc([C@H]3O[C@@H](CSCCO)C[C@@H](c4ccc(CO)cc4)O3)c2)c1. The molecule has 3 aromatic rings. The van der Waals surface area contributed by atoms with Crippen molar-refractivity contribution in [3.05, 3.63) is 95.1 Å². The Morgan fingerprint density at radius 3 is 2.27 bits per heavy atom. The second-order valence-electron chi connectivity index (χ2n) is 11.1. The highest BCUT2D eigenvalue weighted by atomic mass is 32.2. The summed E-state index contributed by atoms with van der Waals surface area (Å²) in [6, 6.07) is 24.1. The van der Waals surface area contributed by atoms with Crippen molar-refractivity contribution in [2.24, 2.45) is 0 Å². The summed E-state index contributed by atoms with van der Waals surface area (Å²) in [5, 5.41) is 30.4. The molecule has 9 heteroatoms. The first kappa shape index (κ1) is 33.7. The number of benzene rings is 3. The predicted molar refractivity (Wildman–Crippen MR) is 172 cm³/mol. The van der Waals surface area contributed by atoms with Crippen molar-refractivity contribution in [1.29, 1.82) is 0 Å². The summed E-state index contributed by atoms with van der Waals surface area (Å²) >= 11 is 1.66. The van der Waals surface area contributed by atoms with Crippen LogP contribution >= 0.6 is 11.8 Å².